The molecule has 1 N–H and O–H groups in total. The lowest BCUT2D eigenvalue weighted by molar-refractivity contribution is 0.00553. The van der Waals surface area contributed by atoms with Crippen LogP contribution in [-0.4, -0.2) is 85.2 Å². The summed E-state index contributed by atoms with van der Waals surface area (Å²) in [7, 11) is 1.74. The minimum atomic E-state index is -0.367. The highest BCUT2D eigenvalue weighted by atomic mass is 16.5. The van der Waals surface area contributed by atoms with Crippen molar-refractivity contribution in [1.82, 2.24) is 14.4 Å². The third-order valence-electron chi connectivity index (χ3n) is 5.37. The predicted molar refractivity (Wildman–Crippen MR) is 115 cm³/mol. The normalized spacial score (nSPS) is 16.4. The molecule has 1 aromatic heterocycles. The van der Waals surface area contributed by atoms with Crippen LogP contribution in [-0.2, 0) is 22.6 Å². The zero-order valence-electron chi connectivity index (χ0n) is 17.6. The predicted octanol–water partition coefficient (Wildman–Crippen LogP) is 2.07. The van der Waals surface area contributed by atoms with Gasteiger partial charge in [-0.1, -0.05) is 30.3 Å². The number of aliphatic hydroxyl groups is 1. The summed E-state index contributed by atoms with van der Waals surface area (Å²) in [4.78, 5) is 4.64. The van der Waals surface area contributed by atoms with Gasteiger partial charge in [-0.15, -0.1) is 0 Å². The fraction of sp³-hybridized carbons (Fsp3) is 0.565. The zero-order valence-corrected chi connectivity index (χ0v) is 17.6. The van der Waals surface area contributed by atoms with Crippen LogP contribution in [0.4, 0.5) is 0 Å². The van der Waals surface area contributed by atoms with Gasteiger partial charge in [0.05, 0.1) is 19.3 Å². The maximum Gasteiger partial charge on any atom is 0.0793 e. The SMILES string of the molecule is COCCCN(Cc1cccn1Cc1ccccc1)CC(O)CN1CCOCC1. The highest BCUT2D eigenvalue weighted by Crippen LogP contribution is 2.12. The summed E-state index contributed by atoms with van der Waals surface area (Å²) in [5.41, 5.74) is 2.56. The molecular formula is C23H35N3O3. The second kappa shape index (κ2) is 12.1. The first-order valence-electron chi connectivity index (χ1n) is 10.6. The van der Waals surface area contributed by atoms with Crippen molar-refractivity contribution in [3.8, 4) is 0 Å². The van der Waals surface area contributed by atoms with Gasteiger partial charge in [0.2, 0.25) is 0 Å². The number of aromatic nitrogens is 1. The largest absolute Gasteiger partial charge is 0.390 e. The smallest absolute Gasteiger partial charge is 0.0793 e. The number of benzene rings is 1. The molecule has 1 atom stereocenters. The molecule has 0 bridgehead atoms. The van der Waals surface area contributed by atoms with Crippen LogP contribution in [0, 0.1) is 0 Å². The first-order valence-corrected chi connectivity index (χ1v) is 10.6. The average molecular weight is 402 g/mol. The van der Waals surface area contributed by atoms with Crippen LogP contribution in [0.25, 0.3) is 0 Å². The monoisotopic (exact) mass is 401 g/mol. The number of hydrogen-bond acceptors (Lipinski definition) is 5. The minimum absolute atomic E-state index is 0.367. The Morgan fingerprint density at radius 2 is 1.93 bits per heavy atom. The molecule has 0 aliphatic carbocycles. The van der Waals surface area contributed by atoms with Crippen LogP contribution in [0.1, 0.15) is 17.7 Å². The van der Waals surface area contributed by atoms with Gasteiger partial charge in [-0.2, -0.15) is 0 Å². The van der Waals surface area contributed by atoms with E-state index in [-0.39, 0.29) is 6.10 Å². The van der Waals surface area contributed by atoms with Crippen molar-refractivity contribution in [2.45, 2.75) is 25.6 Å². The Labute approximate surface area is 174 Å². The molecular weight excluding hydrogens is 366 g/mol. The zero-order chi connectivity index (χ0) is 20.3. The second-order valence-electron chi connectivity index (χ2n) is 7.76. The molecule has 0 amide bonds. The van der Waals surface area contributed by atoms with Crippen LogP contribution in [0.2, 0.25) is 0 Å². The lowest BCUT2D eigenvalue weighted by Crippen LogP contribution is -2.44. The van der Waals surface area contributed by atoms with E-state index >= 15 is 0 Å². The summed E-state index contributed by atoms with van der Waals surface area (Å²) < 4.78 is 12.9. The van der Waals surface area contributed by atoms with Gasteiger partial charge in [-0.25, -0.2) is 0 Å². The molecule has 6 nitrogen and oxygen atoms in total. The summed E-state index contributed by atoms with van der Waals surface area (Å²) >= 11 is 0. The van der Waals surface area contributed by atoms with Crippen molar-refractivity contribution in [2.24, 2.45) is 0 Å². The summed E-state index contributed by atoms with van der Waals surface area (Å²) in [5, 5.41) is 10.7. The average Bonchev–Trinajstić information content (AvgIpc) is 3.16. The molecule has 29 heavy (non-hydrogen) atoms. The van der Waals surface area contributed by atoms with E-state index in [0.717, 1.165) is 59.0 Å². The summed E-state index contributed by atoms with van der Waals surface area (Å²) in [5.74, 6) is 0. The van der Waals surface area contributed by atoms with Gasteiger partial charge in [-0.3, -0.25) is 9.80 Å². The molecule has 1 saturated heterocycles. The molecule has 160 valence electrons. The fourth-order valence-corrected chi connectivity index (χ4v) is 3.86. The topological polar surface area (TPSA) is 50.1 Å². The van der Waals surface area contributed by atoms with Gasteiger partial charge in [0.15, 0.2) is 0 Å². The van der Waals surface area contributed by atoms with Crippen LogP contribution < -0.4 is 0 Å². The van der Waals surface area contributed by atoms with Crippen molar-refractivity contribution < 1.29 is 14.6 Å². The van der Waals surface area contributed by atoms with E-state index in [1.165, 1.54) is 11.3 Å². The van der Waals surface area contributed by atoms with Crippen LogP contribution >= 0.6 is 0 Å². The van der Waals surface area contributed by atoms with Crippen molar-refractivity contribution in [3.05, 3.63) is 59.9 Å². The van der Waals surface area contributed by atoms with Gasteiger partial charge < -0.3 is 19.1 Å². The lowest BCUT2D eigenvalue weighted by atomic mass is 10.2. The van der Waals surface area contributed by atoms with Crippen molar-refractivity contribution in [1.29, 1.82) is 0 Å². The highest BCUT2D eigenvalue weighted by molar-refractivity contribution is 5.17. The number of hydrogen-bond donors (Lipinski definition) is 1. The quantitative estimate of drug-likeness (QED) is 0.552. The Bertz CT molecular complexity index is 686. The Balaban J connectivity index is 1.58. The lowest BCUT2D eigenvalue weighted by Gasteiger charge is -2.31. The molecule has 2 aromatic rings. The fourth-order valence-electron chi connectivity index (χ4n) is 3.86. The van der Waals surface area contributed by atoms with Crippen molar-refractivity contribution >= 4 is 0 Å². The minimum Gasteiger partial charge on any atom is -0.390 e. The number of ether oxygens (including phenoxy) is 2. The molecule has 1 aliphatic heterocycles. The first kappa shape index (κ1) is 22.0. The van der Waals surface area contributed by atoms with Gasteiger partial charge in [-0.05, 0) is 24.1 Å². The van der Waals surface area contributed by atoms with E-state index < -0.39 is 0 Å². The summed E-state index contributed by atoms with van der Waals surface area (Å²) in [6.45, 7) is 8.03. The Hall–Kier alpha value is -1.70. The van der Waals surface area contributed by atoms with Crippen molar-refractivity contribution in [3.63, 3.8) is 0 Å². The van der Waals surface area contributed by atoms with E-state index in [9.17, 15) is 5.11 Å². The van der Waals surface area contributed by atoms with Gasteiger partial charge in [0.25, 0.3) is 0 Å². The first-order chi connectivity index (χ1) is 14.2. The number of aliphatic hydroxyl groups excluding tert-OH is 1. The van der Waals surface area contributed by atoms with E-state index in [0.29, 0.717) is 13.1 Å². The number of rotatable bonds is 12. The number of nitrogens with zero attached hydrogens (tertiary/aromatic N) is 3. The Kier molecular flexibility index (Phi) is 9.18. The highest BCUT2D eigenvalue weighted by Gasteiger charge is 2.18. The molecule has 1 fully saturated rings. The molecule has 2 heterocycles. The number of β-amino-alcohol motifs (C(OH)–C–C–N with tert-alkyl or cyclic N) is 1. The number of morpholine rings is 1. The van der Waals surface area contributed by atoms with E-state index in [4.69, 9.17) is 9.47 Å². The van der Waals surface area contributed by atoms with Crippen LogP contribution in [0.5, 0.6) is 0 Å². The Morgan fingerprint density at radius 1 is 1.14 bits per heavy atom. The van der Waals surface area contributed by atoms with Gasteiger partial charge in [0, 0.05) is 71.4 Å². The summed E-state index contributed by atoms with van der Waals surface area (Å²) in [6.07, 6.45) is 2.73. The van der Waals surface area contributed by atoms with Crippen LogP contribution in [0.15, 0.2) is 48.7 Å². The third-order valence-corrected chi connectivity index (χ3v) is 5.37. The molecule has 3 rings (SSSR count). The Morgan fingerprint density at radius 3 is 2.69 bits per heavy atom. The standard InChI is InChI=1S/C23H35N3O3/c1-28-14-6-10-25(20-23(27)19-24-12-15-29-16-13-24)18-22-9-5-11-26(22)17-21-7-3-2-4-8-21/h2-5,7-9,11,23,27H,6,10,12-20H2,1H3. The van der Waals surface area contributed by atoms with E-state index in [1.54, 1.807) is 7.11 Å². The summed E-state index contributed by atoms with van der Waals surface area (Å²) in [6, 6.07) is 14.8. The molecule has 6 heteroatoms. The van der Waals surface area contributed by atoms with Crippen molar-refractivity contribution in [2.75, 3.05) is 59.7 Å². The molecule has 1 aliphatic rings. The second-order valence-corrected chi connectivity index (χ2v) is 7.76. The van der Waals surface area contributed by atoms with Gasteiger partial charge >= 0.3 is 0 Å². The molecule has 0 spiro atoms. The van der Waals surface area contributed by atoms with Crippen LogP contribution in [0.3, 0.4) is 0 Å². The third kappa shape index (κ3) is 7.57. The van der Waals surface area contributed by atoms with E-state index in [1.807, 2.05) is 6.07 Å². The van der Waals surface area contributed by atoms with Gasteiger partial charge in [0.1, 0.15) is 0 Å². The molecule has 0 saturated carbocycles. The number of methoxy groups -OCH3 is 1. The molecule has 0 radical (unpaired) electrons. The maximum absolute atomic E-state index is 10.7. The van der Waals surface area contributed by atoms with E-state index in [2.05, 4.69) is 57.0 Å². The molecule has 1 aromatic carbocycles. The molecule has 1 unspecified atom stereocenters. The maximum atomic E-state index is 10.7.